The van der Waals surface area contributed by atoms with Gasteiger partial charge in [0, 0.05) is 12.0 Å². The van der Waals surface area contributed by atoms with Gasteiger partial charge < -0.3 is 0 Å². The molecule has 0 atom stereocenters. The molecule has 0 spiro atoms. The molecule has 0 amide bonds. The van der Waals surface area contributed by atoms with Gasteiger partial charge in [0.05, 0.1) is 0 Å². The Morgan fingerprint density at radius 2 is 1.92 bits per heavy atom. The summed E-state index contributed by atoms with van der Waals surface area (Å²) in [7, 11) is 0. The number of hydrogen-bond donors (Lipinski definition) is 0. The summed E-state index contributed by atoms with van der Waals surface area (Å²) in [4.78, 5) is 11.2. The van der Waals surface area contributed by atoms with Crippen LogP contribution in [0.2, 0.25) is 0 Å². The number of carbonyl (C=O) groups is 1. The minimum Gasteiger partial charge on any atom is -0.294 e. The van der Waals surface area contributed by atoms with Gasteiger partial charge in [-0.3, -0.25) is 4.79 Å². The highest BCUT2D eigenvalue weighted by Gasteiger charge is 2.04. The summed E-state index contributed by atoms with van der Waals surface area (Å²) in [5.41, 5.74) is 1.53. The largest absolute Gasteiger partial charge is 0.294 e. The molecular weight excluding hydrogens is 148 g/mol. The molecule has 1 nitrogen and oxygen atoms in total. The maximum absolute atomic E-state index is 11.2. The highest BCUT2D eigenvalue weighted by molar-refractivity contribution is 6.19. The molecule has 0 bridgehead atoms. The molecule has 1 aromatic carbocycles. The highest BCUT2D eigenvalue weighted by Crippen LogP contribution is 2.13. The zero-order chi connectivity index (χ0) is 8.97. The predicted molar refractivity (Wildman–Crippen MR) is 50.8 cm³/mol. The molecule has 0 aliphatic carbocycles. The van der Waals surface area contributed by atoms with Gasteiger partial charge in [-0.15, -0.1) is 0 Å². The van der Waals surface area contributed by atoms with Crippen molar-refractivity contribution >= 4 is 11.4 Å². The zero-order valence-corrected chi connectivity index (χ0v) is 7.21. The van der Waals surface area contributed by atoms with Gasteiger partial charge in [0.25, 0.3) is 0 Å². The molecule has 0 aromatic heterocycles. The summed E-state index contributed by atoms with van der Waals surface area (Å²) in [6, 6.07) is 9.53. The van der Waals surface area contributed by atoms with Crippen molar-refractivity contribution < 1.29 is 4.79 Å². The Morgan fingerprint density at radius 3 is 2.42 bits per heavy atom. The van der Waals surface area contributed by atoms with Crippen LogP contribution < -0.4 is 0 Å². The van der Waals surface area contributed by atoms with Crippen molar-refractivity contribution in [3.8, 4) is 0 Å². The van der Waals surface area contributed by atoms with Gasteiger partial charge in [-0.25, -0.2) is 0 Å². The van der Waals surface area contributed by atoms with Gasteiger partial charge in [0.1, 0.15) is 0 Å². The van der Waals surface area contributed by atoms with Crippen LogP contribution in [0, 0.1) is 0 Å². The molecule has 1 aromatic rings. The molecule has 0 aliphatic heterocycles. The number of Topliss-reactive ketones (excluding diaryl/α,β-unsaturated/α-hetero) is 1. The van der Waals surface area contributed by atoms with Crippen molar-refractivity contribution in [2.24, 2.45) is 0 Å². The lowest BCUT2D eigenvalue weighted by molar-refractivity contribution is -0.113. The lowest BCUT2D eigenvalue weighted by atomic mass is 10.0. The third-order valence-electron chi connectivity index (χ3n) is 1.78. The molecule has 0 aliphatic rings. The Labute approximate surface area is 72.7 Å². The minimum atomic E-state index is 0.112. The van der Waals surface area contributed by atoms with E-state index in [0.717, 1.165) is 5.56 Å². The molecule has 0 saturated heterocycles. The predicted octanol–water partition coefficient (Wildman–Crippen LogP) is 2.68. The van der Waals surface area contributed by atoms with E-state index in [0.29, 0.717) is 12.0 Å². The van der Waals surface area contributed by atoms with E-state index in [1.807, 2.05) is 37.3 Å². The van der Waals surface area contributed by atoms with Crippen LogP contribution in [0.1, 0.15) is 18.9 Å². The Bertz CT molecular complexity index is 285. The molecule has 62 valence electrons. The van der Waals surface area contributed by atoms with E-state index >= 15 is 0 Å². The lowest BCUT2D eigenvalue weighted by Gasteiger charge is -2.01. The van der Waals surface area contributed by atoms with E-state index < -0.39 is 0 Å². The Hall–Kier alpha value is -1.37. The first-order valence-electron chi connectivity index (χ1n) is 4.03. The topological polar surface area (TPSA) is 17.1 Å². The second-order valence-electron chi connectivity index (χ2n) is 2.62. The molecular formula is C11H12O. The van der Waals surface area contributed by atoms with E-state index in [2.05, 4.69) is 6.58 Å². The molecule has 1 heteroatoms. The van der Waals surface area contributed by atoms with E-state index in [1.54, 1.807) is 0 Å². The van der Waals surface area contributed by atoms with Gasteiger partial charge in [0.15, 0.2) is 5.78 Å². The summed E-state index contributed by atoms with van der Waals surface area (Å²) < 4.78 is 0. The van der Waals surface area contributed by atoms with Gasteiger partial charge in [-0.1, -0.05) is 43.8 Å². The fraction of sp³-hybridized carbons (Fsp3) is 0.182. The summed E-state index contributed by atoms with van der Waals surface area (Å²) in [5.74, 6) is 0.112. The molecule has 0 heterocycles. The van der Waals surface area contributed by atoms with Crippen LogP contribution >= 0.6 is 0 Å². The van der Waals surface area contributed by atoms with E-state index in [4.69, 9.17) is 0 Å². The van der Waals surface area contributed by atoms with Crippen molar-refractivity contribution in [1.29, 1.82) is 0 Å². The maximum Gasteiger partial charge on any atom is 0.162 e. The standard InChI is InChI=1S/C11H12O/c1-3-11(12)9(2)10-7-5-4-6-8-10/h4-8H,2-3H2,1H3. The SMILES string of the molecule is C=C(C(=O)CC)c1ccccc1. The third kappa shape index (κ3) is 1.82. The molecule has 0 fully saturated rings. The average Bonchev–Trinajstić information content (AvgIpc) is 2.17. The number of allylic oxidation sites excluding steroid dienone is 1. The Balaban J connectivity index is 2.86. The normalized spacial score (nSPS) is 9.42. The molecule has 0 saturated carbocycles. The number of rotatable bonds is 3. The highest BCUT2D eigenvalue weighted by atomic mass is 16.1. The van der Waals surface area contributed by atoms with Crippen LogP contribution in [0.25, 0.3) is 5.57 Å². The summed E-state index contributed by atoms with van der Waals surface area (Å²) in [6.45, 7) is 5.59. The van der Waals surface area contributed by atoms with E-state index in [9.17, 15) is 4.79 Å². The molecule has 1 rings (SSSR count). The monoisotopic (exact) mass is 160 g/mol. The second-order valence-corrected chi connectivity index (χ2v) is 2.62. The van der Waals surface area contributed by atoms with E-state index in [-0.39, 0.29) is 5.78 Å². The molecule has 0 N–H and O–H groups in total. The van der Waals surface area contributed by atoms with Crippen LogP contribution in [0.3, 0.4) is 0 Å². The number of carbonyl (C=O) groups excluding carboxylic acids is 1. The molecule has 0 radical (unpaired) electrons. The van der Waals surface area contributed by atoms with Crippen LogP contribution in [0.5, 0.6) is 0 Å². The summed E-state index contributed by atoms with van der Waals surface area (Å²) >= 11 is 0. The van der Waals surface area contributed by atoms with Crippen molar-refractivity contribution in [3.05, 3.63) is 42.5 Å². The fourth-order valence-electron chi connectivity index (χ4n) is 1.01. The van der Waals surface area contributed by atoms with Crippen LogP contribution in [0.4, 0.5) is 0 Å². The van der Waals surface area contributed by atoms with Crippen molar-refractivity contribution in [2.75, 3.05) is 0 Å². The average molecular weight is 160 g/mol. The molecule has 0 unspecified atom stereocenters. The fourth-order valence-corrected chi connectivity index (χ4v) is 1.01. The lowest BCUT2D eigenvalue weighted by Crippen LogP contribution is -1.97. The summed E-state index contributed by atoms with van der Waals surface area (Å²) in [6.07, 6.45) is 0.522. The number of ketones is 1. The molecule has 12 heavy (non-hydrogen) atoms. The van der Waals surface area contributed by atoms with Gasteiger partial charge >= 0.3 is 0 Å². The summed E-state index contributed by atoms with van der Waals surface area (Å²) in [5, 5.41) is 0. The zero-order valence-electron chi connectivity index (χ0n) is 7.21. The van der Waals surface area contributed by atoms with Crippen molar-refractivity contribution in [3.63, 3.8) is 0 Å². The van der Waals surface area contributed by atoms with Crippen LogP contribution in [-0.4, -0.2) is 5.78 Å². The first kappa shape index (κ1) is 8.72. The van der Waals surface area contributed by atoms with Crippen LogP contribution in [-0.2, 0) is 4.79 Å². The van der Waals surface area contributed by atoms with Gasteiger partial charge in [-0.2, -0.15) is 0 Å². The maximum atomic E-state index is 11.2. The number of benzene rings is 1. The number of hydrogen-bond acceptors (Lipinski definition) is 1. The van der Waals surface area contributed by atoms with Gasteiger partial charge in [-0.05, 0) is 5.56 Å². The smallest absolute Gasteiger partial charge is 0.162 e. The van der Waals surface area contributed by atoms with Crippen molar-refractivity contribution in [1.82, 2.24) is 0 Å². The van der Waals surface area contributed by atoms with Crippen molar-refractivity contribution in [2.45, 2.75) is 13.3 Å². The van der Waals surface area contributed by atoms with Gasteiger partial charge in [0.2, 0.25) is 0 Å². The third-order valence-corrected chi connectivity index (χ3v) is 1.78. The first-order chi connectivity index (χ1) is 5.75. The quantitative estimate of drug-likeness (QED) is 0.621. The van der Waals surface area contributed by atoms with E-state index in [1.165, 1.54) is 0 Å². The Morgan fingerprint density at radius 1 is 1.33 bits per heavy atom. The Kier molecular flexibility index (Phi) is 2.81. The second kappa shape index (κ2) is 3.86. The first-order valence-corrected chi connectivity index (χ1v) is 4.03. The van der Waals surface area contributed by atoms with Crippen LogP contribution in [0.15, 0.2) is 36.9 Å². The minimum absolute atomic E-state index is 0.112.